The van der Waals surface area contributed by atoms with E-state index in [0.717, 1.165) is 17.0 Å². The van der Waals surface area contributed by atoms with E-state index >= 15 is 0 Å². The van der Waals surface area contributed by atoms with E-state index in [0.29, 0.717) is 23.9 Å². The normalized spacial score (nSPS) is 10.7. The molecule has 3 aromatic heterocycles. The minimum absolute atomic E-state index is 0.00760. The van der Waals surface area contributed by atoms with Crippen LogP contribution in [0.15, 0.2) is 33.9 Å². The summed E-state index contributed by atoms with van der Waals surface area (Å²) >= 11 is 2.86. The van der Waals surface area contributed by atoms with Crippen LogP contribution < -0.4 is 16.6 Å². The van der Waals surface area contributed by atoms with E-state index in [9.17, 15) is 9.59 Å². The van der Waals surface area contributed by atoms with Crippen LogP contribution >= 0.6 is 22.7 Å². The van der Waals surface area contributed by atoms with Gasteiger partial charge in [-0.25, -0.2) is 9.97 Å². The second-order valence-corrected chi connectivity index (χ2v) is 6.83. The number of aromatic nitrogens is 3. The summed E-state index contributed by atoms with van der Waals surface area (Å²) in [4.78, 5) is 35.9. The molecule has 0 radical (unpaired) electrons. The lowest BCUT2D eigenvalue weighted by molar-refractivity contribution is 0.0951. The fraction of sp³-hybridized carbons (Fsp3) is 0.200. The van der Waals surface area contributed by atoms with Gasteiger partial charge in [0.25, 0.3) is 11.5 Å². The Kier molecular flexibility index (Phi) is 5.02. The maximum atomic E-state index is 12.1. The van der Waals surface area contributed by atoms with Gasteiger partial charge in [0.2, 0.25) is 0 Å². The Morgan fingerprint density at radius 2 is 2.25 bits per heavy atom. The van der Waals surface area contributed by atoms with Crippen molar-refractivity contribution < 1.29 is 4.79 Å². The van der Waals surface area contributed by atoms with Crippen molar-refractivity contribution in [3.05, 3.63) is 50.7 Å². The van der Waals surface area contributed by atoms with Gasteiger partial charge in [0.1, 0.15) is 11.4 Å². The SMILES string of the molecule is Nc1nc(CCCNC(=O)c2cnc(-c3cccs3)[nH]c2=O)cs1. The zero-order chi connectivity index (χ0) is 16.9. The molecule has 0 spiro atoms. The van der Waals surface area contributed by atoms with Crippen molar-refractivity contribution in [2.24, 2.45) is 0 Å². The molecule has 0 bridgehead atoms. The van der Waals surface area contributed by atoms with Crippen LogP contribution in [0.3, 0.4) is 0 Å². The molecule has 7 nitrogen and oxygen atoms in total. The molecule has 24 heavy (non-hydrogen) atoms. The van der Waals surface area contributed by atoms with E-state index < -0.39 is 11.5 Å². The number of amides is 1. The van der Waals surface area contributed by atoms with E-state index in [4.69, 9.17) is 5.73 Å². The molecule has 0 unspecified atom stereocenters. The van der Waals surface area contributed by atoms with Gasteiger partial charge < -0.3 is 16.0 Å². The Morgan fingerprint density at radius 3 is 2.92 bits per heavy atom. The van der Waals surface area contributed by atoms with Gasteiger partial charge in [0.15, 0.2) is 5.13 Å². The van der Waals surface area contributed by atoms with E-state index in [1.807, 2.05) is 22.9 Å². The molecule has 124 valence electrons. The molecule has 0 aliphatic rings. The first-order valence-electron chi connectivity index (χ1n) is 7.25. The van der Waals surface area contributed by atoms with Crippen molar-refractivity contribution in [1.82, 2.24) is 20.3 Å². The van der Waals surface area contributed by atoms with Gasteiger partial charge in [-0.2, -0.15) is 0 Å². The molecule has 3 rings (SSSR count). The number of carbonyl (C=O) groups excluding carboxylic acids is 1. The quantitative estimate of drug-likeness (QED) is 0.580. The van der Waals surface area contributed by atoms with Gasteiger partial charge in [-0.1, -0.05) is 6.07 Å². The van der Waals surface area contributed by atoms with E-state index in [-0.39, 0.29) is 5.56 Å². The number of anilines is 1. The summed E-state index contributed by atoms with van der Waals surface area (Å²) in [5.74, 6) is 0.0342. The van der Waals surface area contributed by atoms with Crippen LogP contribution in [0.4, 0.5) is 5.13 Å². The third kappa shape index (κ3) is 3.87. The standard InChI is InChI=1S/C15H15N5O2S2/c16-15-19-9(8-24-15)3-1-5-17-13(21)10-7-18-12(20-14(10)22)11-4-2-6-23-11/h2,4,6-8H,1,3,5H2,(H2,16,19)(H,17,21)(H,18,20,22). The molecule has 1 amide bonds. The number of nitrogens with one attached hydrogen (secondary N) is 2. The molecule has 0 aromatic carbocycles. The zero-order valence-corrected chi connectivity index (χ0v) is 14.2. The molecule has 0 saturated heterocycles. The van der Waals surface area contributed by atoms with Gasteiger partial charge in [0.05, 0.1) is 10.6 Å². The predicted octanol–water partition coefficient (Wildman–Crippen LogP) is 1.90. The Hall–Kier alpha value is -2.52. The first kappa shape index (κ1) is 16.3. The third-order valence-electron chi connectivity index (χ3n) is 3.26. The van der Waals surface area contributed by atoms with E-state index in [2.05, 4.69) is 20.3 Å². The van der Waals surface area contributed by atoms with Gasteiger partial charge >= 0.3 is 0 Å². The number of nitrogen functional groups attached to an aromatic ring is 1. The van der Waals surface area contributed by atoms with Gasteiger partial charge in [-0.15, -0.1) is 22.7 Å². The molecule has 0 aliphatic heterocycles. The first-order chi connectivity index (χ1) is 11.6. The Morgan fingerprint density at radius 1 is 1.38 bits per heavy atom. The molecular weight excluding hydrogens is 346 g/mol. The number of carbonyl (C=O) groups is 1. The molecule has 0 saturated carbocycles. The van der Waals surface area contributed by atoms with Crippen molar-refractivity contribution >= 4 is 33.7 Å². The number of aryl methyl sites for hydroxylation is 1. The van der Waals surface area contributed by atoms with Crippen LogP contribution in [0.5, 0.6) is 0 Å². The minimum atomic E-state index is -0.446. The van der Waals surface area contributed by atoms with Gasteiger partial charge in [0, 0.05) is 18.1 Å². The van der Waals surface area contributed by atoms with Crippen LogP contribution in [0, 0.1) is 0 Å². The summed E-state index contributed by atoms with van der Waals surface area (Å²) in [6, 6.07) is 3.73. The largest absolute Gasteiger partial charge is 0.375 e. The molecule has 9 heteroatoms. The maximum Gasteiger partial charge on any atom is 0.264 e. The Labute approximate surface area is 145 Å². The van der Waals surface area contributed by atoms with Crippen molar-refractivity contribution in [1.29, 1.82) is 0 Å². The average Bonchev–Trinajstić information content (AvgIpc) is 3.23. The minimum Gasteiger partial charge on any atom is -0.375 e. The van der Waals surface area contributed by atoms with Crippen LogP contribution in [-0.2, 0) is 6.42 Å². The van der Waals surface area contributed by atoms with Crippen LogP contribution in [0.1, 0.15) is 22.5 Å². The Bertz CT molecular complexity index is 885. The van der Waals surface area contributed by atoms with Crippen molar-refractivity contribution in [3.63, 3.8) is 0 Å². The average molecular weight is 361 g/mol. The van der Waals surface area contributed by atoms with Crippen LogP contribution in [0.25, 0.3) is 10.7 Å². The molecule has 0 atom stereocenters. The highest BCUT2D eigenvalue weighted by Gasteiger charge is 2.12. The number of hydrogen-bond acceptors (Lipinski definition) is 7. The smallest absolute Gasteiger partial charge is 0.264 e. The highest BCUT2D eigenvalue weighted by atomic mass is 32.1. The van der Waals surface area contributed by atoms with Crippen LogP contribution in [0.2, 0.25) is 0 Å². The summed E-state index contributed by atoms with van der Waals surface area (Å²) in [6.45, 7) is 0.447. The van der Waals surface area contributed by atoms with E-state index in [1.165, 1.54) is 28.9 Å². The summed E-state index contributed by atoms with van der Waals surface area (Å²) in [6.07, 6.45) is 2.75. The number of nitrogens with two attached hydrogens (primary N) is 1. The Balaban J connectivity index is 1.56. The highest BCUT2D eigenvalue weighted by Crippen LogP contribution is 2.19. The molecule has 3 heterocycles. The number of H-pyrrole nitrogens is 1. The summed E-state index contributed by atoms with van der Waals surface area (Å²) in [5, 5.41) is 7.05. The van der Waals surface area contributed by atoms with Crippen molar-refractivity contribution in [2.75, 3.05) is 12.3 Å². The second kappa shape index (κ2) is 7.37. The molecule has 3 aromatic rings. The number of rotatable bonds is 6. The van der Waals surface area contributed by atoms with Crippen molar-refractivity contribution in [2.45, 2.75) is 12.8 Å². The molecular formula is C15H15N5O2S2. The highest BCUT2D eigenvalue weighted by molar-refractivity contribution is 7.13. The van der Waals surface area contributed by atoms with Gasteiger partial charge in [-0.3, -0.25) is 9.59 Å². The number of thiazole rings is 1. The zero-order valence-electron chi connectivity index (χ0n) is 12.6. The second-order valence-electron chi connectivity index (χ2n) is 4.99. The molecule has 4 N–H and O–H groups in total. The summed E-state index contributed by atoms with van der Waals surface area (Å²) in [7, 11) is 0. The van der Waals surface area contributed by atoms with Gasteiger partial charge in [-0.05, 0) is 24.3 Å². The fourth-order valence-corrected chi connectivity index (χ4v) is 3.37. The predicted molar refractivity (Wildman–Crippen MR) is 95.4 cm³/mol. The number of nitrogens with zero attached hydrogens (tertiary/aromatic N) is 2. The third-order valence-corrected chi connectivity index (χ3v) is 4.86. The fourth-order valence-electron chi connectivity index (χ4n) is 2.10. The number of aromatic amines is 1. The number of hydrogen-bond donors (Lipinski definition) is 3. The maximum absolute atomic E-state index is 12.1. The lowest BCUT2D eigenvalue weighted by atomic mass is 10.2. The number of thiophene rings is 1. The van der Waals surface area contributed by atoms with E-state index in [1.54, 1.807) is 0 Å². The lowest BCUT2D eigenvalue weighted by Crippen LogP contribution is -2.31. The lowest BCUT2D eigenvalue weighted by Gasteiger charge is -2.04. The summed E-state index contributed by atoms with van der Waals surface area (Å²) in [5.41, 5.74) is 6.03. The van der Waals surface area contributed by atoms with Crippen LogP contribution in [-0.4, -0.2) is 27.4 Å². The molecule has 0 aliphatic carbocycles. The first-order valence-corrected chi connectivity index (χ1v) is 9.00. The summed E-state index contributed by atoms with van der Waals surface area (Å²) < 4.78 is 0. The monoisotopic (exact) mass is 361 g/mol. The molecule has 0 fully saturated rings. The topological polar surface area (TPSA) is 114 Å². The van der Waals surface area contributed by atoms with Crippen molar-refractivity contribution in [3.8, 4) is 10.7 Å².